The first-order valence-electron chi connectivity index (χ1n) is 7.22. The van der Waals surface area contributed by atoms with Gasteiger partial charge in [-0.05, 0) is 44.9 Å². The minimum atomic E-state index is 0.169. The third-order valence-corrected chi connectivity index (χ3v) is 4.56. The molecular weight excluding hydrogens is 212 g/mol. The van der Waals surface area contributed by atoms with Crippen LogP contribution in [0.2, 0.25) is 0 Å². The lowest BCUT2D eigenvalue weighted by atomic mass is 9.85. The van der Waals surface area contributed by atoms with Crippen LogP contribution in [0, 0.1) is 11.8 Å². The van der Waals surface area contributed by atoms with Gasteiger partial charge in [-0.1, -0.05) is 19.3 Å². The van der Waals surface area contributed by atoms with Crippen LogP contribution < -0.4 is 11.1 Å². The van der Waals surface area contributed by atoms with Gasteiger partial charge in [-0.3, -0.25) is 4.79 Å². The summed E-state index contributed by atoms with van der Waals surface area (Å²) in [5.74, 6) is 1.12. The fraction of sp³-hybridized carbons (Fsp3) is 0.929. The first-order chi connectivity index (χ1) is 8.16. The lowest BCUT2D eigenvalue weighted by Crippen LogP contribution is -2.43. The summed E-state index contributed by atoms with van der Waals surface area (Å²) in [5, 5.41) is 3.22. The second kappa shape index (κ2) is 5.85. The molecule has 98 valence electrons. The molecule has 0 radical (unpaired) electrons. The largest absolute Gasteiger partial charge is 0.353 e. The van der Waals surface area contributed by atoms with Crippen LogP contribution in [0.3, 0.4) is 0 Å². The summed E-state index contributed by atoms with van der Waals surface area (Å²) in [7, 11) is 0. The Morgan fingerprint density at radius 1 is 1.18 bits per heavy atom. The van der Waals surface area contributed by atoms with Gasteiger partial charge in [-0.25, -0.2) is 0 Å². The van der Waals surface area contributed by atoms with Crippen LogP contribution in [-0.4, -0.2) is 18.0 Å². The quantitative estimate of drug-likeness (QED) is 0.792. The van der Waals surface area contributed by atoms with Crippen LogP contribution >= 0.6 is 0 Å². The maximum atomic E-state index is 12.1. The van der Waals surface area contributed by atoms with Crippen molar-refractivity contribution in [2.24, 2.45) is 17.6 Å². The van der Waals surface area contributed by atoms with E-state index in [1.807, 2.05) is 0 Å². The van der Waals surface area contributed by atoms with E-state index in [-0.39, 0.29) is 17.9 Å². The summed E-state index contributed by atoms with van der Waals surface area (Å²) in [6, 6.07) is 0.587. The number of hydrogen-bond acceptors (Lipinski definition) is 2. The van der Waals surface area contributed by atoms with Crippen molar-refractivity contribution in [1.29, 1.82) is 0 Å². The number of hydrogen-bond donors (Lipinski definition) is 2. The summed E-state index contributed by atoms with van der Waals surface area (Å²) in [4.78, 5) is 12.1. The normalized spacial score (nSPS) is 32.4. The van der Waals surface area contributed by atoms with Gasteiger partial charge in [-0.2, -0.15) is 0 Å². The molecule has 0 aromatic heterocycles. The fourth-order valence-corrected chi connectivity index (χ4v) is 3.38. The lowest BCUT2D eigenvalue weighted by Gasteiger charge is -2.28. The Morgan fingerprint density at radius 3 is 2.53 bits per heavy atom. The highest BCUT2D eigenvalue weighted by Crippen LogP contribution is 2.28. The molecule has 0 aliphatic heterocycles. The van der Waals surface area contributed by atoms with Gasteiger partial charge >= 0.3 is 0 Å². The lowest BCUT2D eigenvalue weighted by molar-refractivity contribution is -0.127. The van der Waals surface area contributed by atoms with E-state index >= 15 is 0 Å². The molecule has 0 saturated heterocycles. The zero-order chi connectivity index (χ0) is 12.3. The minimum absolute atomic E-state index is 0.169. The summed E-state index contributed by atoms with van der Waals surface area (Å²) in [6.45, 7) is 2.16. The molecule has 2 aliphatic rings. The van der Waals surface area contributed by atoms with Crippen molar-refractivity contribution < 1.29 is 4.79 Å². The van der Waals surface area contributed by atoms with Gasteiger partial charge in [0.05, 0.1) is 0 Å². The van der Waals surface area contributed by atoms with E-state index in [1.165, 1.54) is 25.7 Å². The third-order valence-electron chi connectivity index (χ3n) is 4.56. The zero-order valence-corrected chi connectivity index (χ0v) is 11.0. The third kappa shape index (κ3) is 3.44. The van der Waals surface area contributed by atoms with Crippen molar-refractivity contribution in [2.45, 2.75) is 70.4 Å². The Labute approximate surface area is 105 Å². The highest BCUT2D eigenvalue weighted by molar-refractivity contribution is 5.79. The molecular formula is C14H26N2O. The number of carbonyl (C=O) groups excluding carboxylic acids is 1. The molecule has 2 saturated carbocycles. The van der Waals surface area contributed by atoms with Crippen molar-refractivity contribution >= 4 is 5.91 Å². The first kappa shape index (κ1) is 12.9. The van der Waals surface area contributed by atoms with Crippen molar-refractivity contribution in [2.75, 3.05) is 0 Å². The highest BCUT2D eigenvalue weighted by Gasteiger charge is 2.28. The topological polar surface area (TPSA) is 55.1 Å². The van der Waals surface area contributed by atoms with Crippen LogP contribution in [0.4, 0.5) is 0 Å². The molecule has 3 atom stereocenters. The summed E-state index contributed by atoms with van der Waals surface area (Å²) in [5.41, 5.74) is 5.94. The average molecular weight is 238 g/mol. The Kier molecular flexibility index (Phi) is 4.43. The standard InChI is InChI=1S/C14H26N2O/c1-10(11-5-2-3-6-11)16-14(17)12-7-4-8-13(15)9-12/h10-13H,2-9,15H2,1H3,(H,16,17)/t10-,12?,13?/m0/s1. The molecule has 0 aromatic rings. The van der Waals surface area contributed by atoms with Crippen LogP contribution in [0.5, 0.6) is 0 Å². The van der Waals surface area contributed by atoms with Gasteiger partial charge in [-0.15, -0.1) is 0 Å². The van der Waals surface area contributed by atoms with Crippen molar-refractivity contribution in [3.63, 3.8) is 0 Å². The molecule has 3 heteroatoms. The van der Waals surface area contributed by atoms with Crippen molar-refractivity contribution in [3.05, 3.63) is 0 Å². The molecule has 0 bridgehead atoms. The van der Waals surface area contributed by atoms with Gasteiger partial charge in [0.1, 0.15) is 0 Å². The summed E-state index contributed by atoms with van der Waals surface area (Å²) >= 11 is 0. The monoisotopic (exact) mass is 238 g/mol. The second-order valence-electron chi connectivity index (χ2n) is 5.97. The van der Waals surface area contributed by atoms with Crippen molar-refractivity contribution in [1.82, 2.24) is 5.32 Å². The van der Waals surface area contributed by atoms with E-state index in [1.54, 1.807) is 0 Å². The molecule has 2 aliphatic carbocycles. The van der Waals surface area contributed by atoms with E-state index in [0.29, 0.717) is 12.0 Å². The van der Waals surface area contributed by atoms with Crippen molar-refractivity contribution in [3.8, 4) is 0 Å². The van der Waals surface area contributed by atoms with Crippen LogP contribution in [0.25, 0.3) is 0 Å². The molecule has 3 N–H and O–H groups in total. The molecule has 2 rings (SSSR count). The fourth-order valence-electron chi connectivity index (χ4n) is 3.38. The second-order valence-corrected chi connectivity index (χ2v) is 5.97. The maximum Gasteiger partial charge on any atom is 0.223 e. The van der Waals surface area contributed by atoms with Gasteiger partial charge in [0, 0.05) is 18.0 Å². The Bertz CT molecular complexity index is 261. The Morgan fingerprint density at radius 2 is 1.88 bits per heavy atom. The molecule has 1 amide bonds. The molecule has 3 nitrogen and oxygen atoms in total. The van der Waals surface area contributed by atoms with Gasteiger partial charge in [0.15, 0.2) is 0 Å². The van der Waals surface area contributed by atoms with Crippen LogP contribution in [0.1, 0.15) is 58.3 Å². The van der Waals surface area contributed by atoms with E-state index in [4.69, 9.17) is 5.73 Å². The Hall–Kier alpha value is -0.570. The number of carbonyl (C=O) groups is 1. The predicted molar refractivity (Wildman–Crippen MR) is 69.5 cm³/mol. The van der Waals surface area contributed by atoms with E-state index < -0.39 is 0 Å². The summed E-state index contributed by atoms with van der Waals surface area (Å²) in [6.07, 6.45) is 9.33. The predicted octanol–water partition coefficient (Wildman–Crippen LogP) is 2.20. The first-order valence-corrected chi connectivity index (χ1v) is 7.22. The number of amides is 1. The highest BCUT2D eigenvalue weighted by atomic mass is 16.1. The van der Waals surface area contributed by atoms with E-state index in [2.05, 4.69) is 12.2 Å². The van der Waals surface area contributed by atoms with Gasteiger partial charge in [0.25, 0.3) is 0 Å². The number of nitrogens with two attached hydrogens (primary N) is 1. The molecule has 0 aromatic carbocycles. The minimum Gasteiger partial charge on any atom is -0.353 e. The zero-order valence-electron chi connectivity index (χ0n) is 11.0. The molecule has 0 heterocycles. The maximum absolute atomic E-state index is 12.1. The number of rotatable bonds is 3. The van der Waals surface area contributed by atoms with Crippen LogP contribution in [-0.2, 0) is 4.79 Å². The molecule has 0 spiro atoms. The van der Waals surface area contributed by atoms with Gasteiger partial charge < -0.3 is 11.1 Å². The number of nitrogens with one attached hydrogen (secondary N) is 1. The smallest absolute Gasteiger partial charge is 0.223 e. The molecule has 17 heavy (non-hydrogen) atoms. The van der Waals surface area contributed by atoms with E-state index in [0.717, 1.165) is 25.7 Å². The Balaban J connectivity index is 1.79. The van der Waals surface area contributed by atoms with Crippen LogP contribution in [0.15, 0.2) is 0 Å². The van der Waals surface area contributed by atoms with Gasteiger partial charge in [0.2, 0.25) is 5.91 Å². The molecule has 2 unspecified atom stereocenters. The molecule has 2 fully saturated rings. The van der Waals surface area contributed by atoms with E-state index in [9.17, 15) is 4.79 Å². The SMILES string of the molecule is C[C@H](NC(=O)C1CCCC(N)C1)C1CCCC1. The average Bonchev–Trinajstić information content (AvgIpc) is 2.82. The summed E-state index contributed by atoms with van der Waals surface area (Å²) < 4.78 is 0.